The quantitative estimate of drug-likeness (QED) is 0.0386. The molecular formula is C76H118O15Si2. The van der Waals surface area contributed by atoms with Crippen LogP contribution in [0.5, 0.6) is 5.75 Å². The number of esters is 1. The normalized spacial score (nSPS) is 30.8. The van der Waals surface area contributed by atoms with Crippen LogP contribution in [0.15, 0.2) is 108 Å². The summed E-state index contributed by atoms with van der Waals surface area (Å²) in [6.07, 6.45) is 7.42. The molecule has 93 heavy (non-hydrogen) atoms. The van der Waals surface area contributed by atoms with Gasteiger partial charge in [-0.15, -0.1) is 0 Å². The van der Waals surface area contributed by atoms with Crippen molar-refractivity contribution in [1.82, 2.24) is 0 Å². The number of allylic oxidation sites excluding steroid dienone is 2. The minimum absolute atomic E-state index is 0.0740. The smallest absolute Gasteiger partial charge is 0.341 e. The third-order valence-electron chi connectivity index (χ3n) is 21.1. The predicted octanol–water partition coefficient (Wildman–Crippen LogP) is 14.8. The zero-order chi connectivity index (χ0) is 67.7. The van der Waals surface area contributed by atoms with Gasteiger partial charge in [0.05, 0.1) is 69.7 Å². The molecule has 3 aromatic carbocycles. The van der Waals surface area contributed by atoms with Crippen LogP contribution in [-0.4, -0.2) is 142 Å². The van der Waals surface area contributed by atoms with Crippen molar-refractivity contribution in [2.75, 3.05) is 41.7 Å². The predicted molar refractivity (Wildman–Crippen MR) is 370 cm³/mol. The number of benzene rings is 3. The maximum Gasteiger partial charge on any atom is 0.341 e. The van der Waals surface area contributed by atoms with E-state index in [1.807, 2.05) is 52.1 Å². The SMILES string of the molecule is CCOC(=O)[C@@H]1OC(C)(C)O[C@]12O[C@H]([C@H](C[C@@H](C)C/C(C)=C/[C@H]1C[C@@H](OCc3ccc(OC)cc3)CO[C@@]13C[C@@H]([C@@H](C)[C@H](O[Si](CC)(CC)CC)/C(C)=C/[C@@H]1CC[C@@H](O[Si](c4ccccc4)(c4ccccc4)C(C)(C)C)[C@H](OC)C1)OC(C)(C)O3)OC)[C@@H](OC)C[C@H]2C. The molecule has 4 saturated heterocycles. The molecule has 1 aliphatic carbocycles. The second-order valence-corrected chi connectivity index (χ2v) is 38.6. The number of rotatable bonds is 28. The Balaban J connectivity index is 1.07. The van der Waals surface area contributed by atoms with Gasteiger partial charge in [-0.05, 0) is 162 Å². The van der Waals surface area contributed by atoms with E-state index in [2.05, 4.69) is 142 Å². The monoisotopic (exact) mass is 1330 g/mol. The molecule has 2 spiro atoms. The summed E-state index contributed by atoms with van der Waals surface area (Å²) < 4.78 is 94.1. The maximum absolute atomic E-state index is 13.6. The highest BCUT2D eigenvalue weighted by Crippen LogP contribution is 2.52. The van der Waals surface area contributed by atoms with Crippen LogP contribution in [-0.2, 0) is 72.4 Å². The highest BCUT2D eigenvalue weighted by molar-refractivity contribution is 6.99. The van der Waals surface area contributed by atoms with Crippen LogP contribution in [0.3, 0.4) is 0 Å². The summed E-state index contributed by atoms with van der Waals surface area (Å²) in [7, 11) is 1.91. The van der Waals surface area contributed by atoms with E-state index in [0.717, 1.165) is 55.1 Å². The molecule has 0 bridgehead atoms. The van der Waals surface area contributed by atoms with E-state index in [-0.39, 0.29) is 77.9 Å². The fourth-order valence-corrected chi connectivity index (χ4v) is 23.8. The minimum Gasteiger partial charge on any atom is -0.497 e. The minimum atomic E-state index is -2.84. The van der Waals surface area contributed by atoms with Crippen LogP contribution < -0.4 is 15.1 Å². The van der Waals surface area contributed by atoms with Crippen molar-refractivity contribution in [3.63, 3.8) is 0 Å². The lowest BCUT2D eigenvalue weighted by Gasteiger charge is -2.55. The Kier molecular flexibility index (Phi) is 25.8. The number of hydrogen-bond acceptors (Lipinski definition) is 15. The van der Waals surface area contributed by atoms with Crippen molar-refractivity contribution in [3.05, 3.63) is 114 Å². The van der Waals surface area contributed by atoms with E-state index in [9.17, 15) is 4.79 Å². The van der Waals surface area contributed by atoms with Gasteiger partial charge in [-0.2, -0.15) is 0 Å². The first kappa shape index (κ1) is 75.1. The molecule has 0 aromatic heterocycles. The molecule has 16 atom stereocenters. The van der Waals surface area contributed by atoms with Crippen molar-refractivity contribution in [2.24, 2.45) is 29.6 Å². The lowest BCUT2D eigenvalue weighted by molar-refractivity contribution is -0.429. The van der Waals surface area contributed by atoms with Crippen LogP contribution in [0.4, 0.5) is 0 Å². The zero-order valence-corrected chi connectivity index (χ0v) is 62.3. The molecule has 0 radical (unpaired) electrons. The molecule has 0 amide bonds. The molecule has 1 saturated carbocycles. The summed E-state index contributed by atoms with van der Waals surface area (Å²) in [6.45, 7) is 35.6. The number of carbonyl (C=O) groups is 1. The maximum atomic E-state index is 13.6. The van der Waals surface area contributed by atoms with Gasteiger partial charge in [0.1, 0.15) is 11.9 Å². The molecule has 3 aromatic rings. The van der Waals surface area contributed by atoms with Gasteiger partial charge in [0, 0.05) is 45.5 Å². The van der Waals surface area contributed by atoms with E-state index in [1.54, 1.807) is 42.1 Å². The summed E-state index contributed by atoms with van der Waals surface area (Å²) in [4.78, 5) is 13.6. The molecule has 0 N–H and O–H groups in total. The number of hydrogen-bond donors (Lipinski definition) is 0. The molecule has 520 valence electrons. The average Bonchev–Trinajstić information content (AvgIpc) is 1.65. The number of ether oxygens (including phenoxy) is 12. The van der Waals surface area contributed by atoms with Gasteiger partial charge in [0.25, 0.3) is 8.32 Å². The summed E-state index contributed by atoms with van der Waals surface area (Å²) in [5.41, 5.74) is 3.49. The molecule has 5 aliphatic rings. The van der Waals surface area contributed by atoms with Crippen LogP contribution in [0, 0.1) is 29.6 Å². The Morgan fingerprint density at radius 2 is 1.37 bits per heavy atom. The first-order chi connectivity index (χ1) is 44.1. The van der Waals surface area contributed by atoms with Gasteiger partial charge < -0.3 is 65.7 Å². The van der Waals surface area contributed by atoms with Crippen molar-refractivity contribution in [1.29, 1.82) is 0 Å². The van der Waals surface area contributed by atoms with Crippen molar-refractivity contribution >= 4 is 33.0 Å². The van der Waals surface area contributed by atoms with Gasteiger partial charge in [0.15, 0.2) is 25.7 Å². The molecule has 4 aliphatic heterocycles. The molecule has 15 nitrogen and oxygen atoms in total. The van der Waals surface area contributed by atoms with E-state index in [1.165, 1.54) is 21.5 Å². The molecular weight excluding hydrogens is 1210 g/mol. The molecule has 17 heteroatoms. The van der Waals surface area contributed by atoms with E-state index in [4.69, 9.17) is 65.7 Å². The lowest BCUT2D eigenvalue weighted by atomic mass is 9.78. The lowest BCUT2D eigenvalue weighted by Crippen LogP contribution is -2.68. The Bertz CT molecular complexity index is 2830. The van der Waals surface area contributed by atoms with Crippen LogP contribution in [0.1, 0.15) is 168 Å². The summed E-state index contributed by atoms with van der Waals surface area (Å²) in [6, 6.07) is 33.0. The highest BCUT2D eigenvalue weighted by atomic mass is 28.4. The largest absolute Gasteiger partial charge is 0.497 e. The van der Waals surface area contributed by atoms with Gasteiger partial charge in [-0.25, -0.2) is 4.79 Å². The molecule has 4 heterocycles. The van der Waals surface area contributed by atoms with Crippen molar-refractivity contribution < 1.29 is 70.5 Å². The first-order valence-electron chi connectivity index (χ1n) is 35.0. The fourth-order valence-electron chi connectivity index (χ4n) is 16.1. The summed E-state index contributed by atoms with van der Waals surface area (Å²) in [5, 5.41) is 2.40. The summed E-state index contributed by atoms with van der Waals surface area (Å²) in [5.74, 6) is -4.43. The molecule has 0 unspecified atom stereocenters. The number of methoxy groups -OCH3 is 4. The average molecular weight is 1330 g/mol. The van der Waals surface area contributed by atoms with Crippen molar-refractivity contribution in [2.45, 2.75) is 270 Å². The third kappa shape index (κ3) is 17.3. The topological polar surface area (TPSA) is 146 Å². The van der Waals surface area contributed by atoms with E-state index in [0.29, 0.717) is 38.9 Å². The number of carbonyl (C=O) groups excluding carboxylic acids is 1. The zero-order valence-electron chi connectivity index (χ0n) is 60.3. The van der Waals surface area contributed by atoms with Gasteiger partial charge in [0.2, 0.25) is 11.9 Å². The molecule has 5 fully saturated rings. The Labute approximate surface area is 561 Å². The van der Waals surface area contributed by atoms with Gasteiger partial charge in [-0.3, -0.25) is 0 Å². The Morgan fingerprint density at radius 1 is 0.742 bits per heavy atom. The second-order valence-electron chi connectivity index (χ2n) is 29.6. The van der Waals surface area contributed by atoms with Gasteiger partial charge >= 0.3 is 5.97 Å². The van der Waals surface area contributed by atoms with E-state index < -0.39 is 64.1 Å². The first-order valence-corrected chi connectivity index (χ1v) is 39.4. The Hall–Kier alpha value is -3.64. The van der Waals surface area contributed by atoms with Crippen LogP contribution in [0.25, 0.3) is 0 Å². The second kappa shape index (κ2) is 31.9. The van der Waals surface area contributed by atoms with Crippen LogP contribution in [0.2, 0.25) is 23.2 Å². The molecule has 8 rings (SSSR count). The third-order valence-corrected chi connectivity index (χ3v) is 30.8. The van der Waals surface area contributed by atoms with E-state index >= 15 is 0 Å². The Morgan fingerprint density at radius 3 is 1.94 bits per heavy atom. The highest BCUT2D eigenvalue weighted by Gasteiger charge is 2.66. The fraction of sp³-hybridized carbons (Fsp3) is 0.697. The van der Waals surface area contributed by atoms with Crippen molar-refractivity contribution in [3.8, 4) is 5.75 Å². The standard InChI is InChI=1S/C76H118O15Si2/c1-21-82-71(77)70-76(91-74(15,16)87-70)54(8)45-66(81-20)69(86-76)65(80-19)43-52(6)41-51(5)42-58-47-60(83-49-56-35-38-59(78-17)39-36-56)50-84-75(58)48-67(85-73(13,14)90-75)55(9)68(89-92(22-2,23-3)24-4)53(7)44-57-37-40-63(64(46-57)79-18)88-93(72(10,11)12,61-31-27-25-28-32-61)62-33-29-26-30-34-62/h25-36,38-39,42,44,52,54-55,57-58,60,63-70H,21-24,37,40-41,43,45-50H2,1-20H3/b51-42+,53-44+/t52-,54+,55+,57-,58-,60+,63+,64+,65-,66-,67-,68+,69+,70-,75+,76-/m0/s1. The summed E-state index contributed by atoms with van der Waals surface area (Å²) >= 11 is 0. The van der Waals surface area contributed by atoms with Crippen LogP contribution >= 0.6 is 0 Å². The van der Waals surface area contributed by atoms with Gasteiger partial charge in [-0.1, -0.05) is 153 Å².